The van der Waals surface area contributed by atoms with Crippen molar-refractivity contribution in [2.24, 2.45) is 0 Å². The van der Waals surface area contributed by atoms with Crippen molar-refractivity contribution in [2.45, 2.75) is 24.8 Å². The number of pyridine rings is 1. The van der Waals surface area contributed by atoms with Gasteiger partial charge in [-0.15, -0.1) is 23.1 Å². The summed E-state index contributed by atoms with van der Waals surface area (Å²) < 4.78 is 0. The first kappa shape index (κ1) is 24.9. The van der Waals surface area contributed by atoms with Crippen LogP contribution in [0.25, 0.3) is 22.4 Å². The number of rotatable bonds is 8. The number of anilines is 2. The number of benzene rings is 2. The van der Waals surface area contributed by atoms with Crippen LogP contribution in [0.15, 0.2) is 65.0 Å². The second-order valence-corrected chi connectivity index (χ2v) is 9.69. The molecule has 2 aromatic carbocycles. The molecular weight excluding hydrogens is 488 g/mol. The Labute approximate surface area is 217 Å². The Hall–Kier alpha value is -4.18. The molecule has 4 rings (SSSR count). The summed E-state index contributed by atoms with van der Waals surface area (Å²) in [7, 11) is 0. The summed E-state index contributed by atoms with van der Waals surface area (Å²) in [6.07, 6.45) is 1.07. The Kier molecular flexibility index (Phi) is 7.96. The number of carbonyl (C=O) groups excluding carboxylic acids is 1. The largest absolute Gasteiger partial charge is 0.383 e. The van der Waals surface area contributed by atoms with Gasteiger partial charge in [-0.05, 0) is 17.5 Å². The van der Waals surface area contributed by atoms with Gasteiger partial charge in [-0.1, -0.05) is 61.5 Å². The highest BCUT2D eigenvalue weighted by Crippen LogP contribution is 2.36. The van der Waals surface area contributed by atoms with E-state index in [-0.39, 0.29) is 29.3 Å². The van der Waals surface area contributed by atoms with Gasteiger partial charge in [0.05, 0.1) is 11.3 Å². The smallest absolute Gasteiger partial charge is 0.226 e. The normalized spacial score (nSPS) is 10.4. The molecule has 0 aliphatic carbocycles. The first-order chi connectivity index (χ1) is 17.5. The Balaban J connectivity index is 1.47. The van der Waals surface area contributed by atoms with Crippen molar-refractivity contribution in [1.29, 1.82) is 10.5 Å². The molecule has 0 aliphatic rings. The maximum Gasteiger partial charge on any atom is 0.226 e. The number of aryl methyl sites for hydroxylation is 1. The van der Waals surface area contributed by atoms with Crippen LogP contribution in [-0.4, -0.2) is 21.6 Å². The van der Waals surface area contributed by atoms with Crippen molar-refractivity contribution in [3.05, 3.63) is 76.7 Å². The van der Waals surface area contributed by atoms with E-state index in [4.69, 9.17) is 5.73 Å². The van der Waals surface area contributed by atoms with Crippen LogP contribution in [0.1, 0.15) is 30.0 Å². The first-order valence-corrected chi connectivity index (χ1v) is 13.1. The summed E-state index contributed by atoms with van der Waals surface area (Å²) in [6.45, 7) is 2.06. The summed E-state index contributed by atoms with van der Waals surface area (Å²) in [4.78, 5) is 21.3. The van der Waals surface area contributed by atoms with E-state index in [1.54, 1.807) is 0 Å². The molecule has 0 unspecified atom stereocenters. The van der Waals surface area contributed by atoms with Gasteiger partial charge < -0.3 is 11.1 Å². The average Bonchev–Trinajstić information content (AvgIpc) is 3.37. The van der Waals surface area contributed by atoms with E-state index < -0.39 is 0 Å². The SMILES string of the molecule is CCc1ccc(-c2c(C#N)c(N)nc(SCCC(=O)Nc3nc(-c4ccccc4)cs3)c2C#N)cc1. The van der Waals surface area contributed by atoms with E-state index in [1.165, 1.54) is 23.1 Å². The van der Waals surface area contributed by atoms with Crippen LogP contribution in [0.4, 0.5) is 10.9 Å². The molecular formula is C27H22N6OS2. The zero-order valence-corrected chi connectivity index (χ0v) is 21.1. The van der Waals surface area contributed by atoms with E-state index in [9.17, 15) is 15.3 Å². The molecule has 0 atom stereocenters. The van der Waals surface area contributed by atoms with Crippen molar-refractivity contribution in [1.82, 2.24) is 9.97 Å². The van der Waals surface area contributed by atoms with Gasteiger partial charge >= 0.3 is 0 Å². The van der Waals surface area contributed by atoms with Gasteiger partial charge in [0.15, 0.2) is 5.13 Å². The molecule has 36 heavy (non-hydrogen) atoms. The lowest BCUT2D eigenvalue weighted by Gasteiger charge is -2.13. The van der Waals surface area contributed by atoms with E-state index in [2.05, 4.69) is 34.3 Å². The van der Waals surface area contributed by atoms with Gasteiger partial charge in [-0.2, -0.15) is 10.5 Å². The number of aromatic nitrogens is 2. The summed E-state index contributed by atoms with van der Waals surface area (Å²) in [6, 6.07) is 21.7. The number of nitriles is 2. The van der Waals surface area contributed by atoms with Crippen LogP contribution in [0.3, 0.4) is 0 Å². The molecule has 3 N–H and O–H groups in total. The molecule has 2 heterocycles. The molecule has 0 saturated heterocycles. The minimum atomic E-state index is -0.188. The lowest BCUT2D eigenvalue weighted by molar-refractivity contribution is -0.115. The van der Waals surface area contributed by atoms with Crippen molar-refractivity contribution in [3.8, 4) is 34.5 Å². The van der Waals surface area contributed by atoms with E-state index >= 15 is 0 Å². The Morgan fingerprint density at radius 1 is 1.03 bits per heavy atom. The Morgan fingerprint density at radius 3 is 2.42 bits per heavy atom. The summed E-state index contributed by atoms with van der Waals surface area (Å²) >= 11 is 2.63. The predicted molar refractivity (Wildman–Crippen MR) is 144 cm³/mol. The number of thioether (sulfide) groups is 1. The van der Waals surface area contributed by atoms with E-state index in [0.29, 0.717) is 21.5 Å². The monoisotopic (exact) mass is 510 g/mol. The lowest BCUT2D eigenvalue weighted by Crippen LogP contribution is -2.12. The van der Waals surface area contributed by atoms with Gasteiger partial charge in [-0.3, -0.25) is 4.79 Å². The summed E-state index contributed by atoms with van der Waals surface area (Å²) in [5, 5.41) is 25.3. The molecule has 9 heteroatoms. The molecule has 4 aromatic rings. The van der Waals surface area contributed by atoms with Crippen molar-refractivity contribution < 1.29 is 4.79 Å². The van der Waals surface area contributed by atoms with Crippen LogP contribution < -0.4 is 11.1 Å². The quantitative estimate of drug-likeness (QED) is 0.283. The van der Waals surface area contributed by atoms with Gasteiger partial charge in [-0.25, -0.2) is 9.97 Å². The van der Waals surface area contributed by atoms with Crippen LogP contribution in [-0.2, 0) is 11.2 Å². The number of amides is 1. The van der Waals surface area contributed by atoms with Crippen molar-refractivity contribution in [3.63, 3.8) is 0 Å². The van der Waals surface area contributed by atoms with Gasteiger partial charge in [0.1, 0.15) is 28.5 Å². The van der Waals surface area contributed by atoms with Crippen molar-refractivity contribution >= 4 is 40.0 Å². The summed E-state index contributed by atoms with van der Waals surface area (Å²) in [5.41, 5.74) is 10.7. The number of nitrogens with one attached hydrogen (secondary N) is 1. The Bertz CT molecular complexity index is 1470. The second kappa shape index (κ2) is 11.5. The molecule has 7 nitrogen and oxygen atoms in total. The van der Waals surface area contributed by atoms with Crippen LogP contribution in [0.2, 0.25) is 0 Å². The third kappa shape index (κ3) is 5.55. The molecule has 0 bridgehead atoms. The number of hydrogen-bond donors (Lipinski definition) is 2. The maximum atomic E-state index is 12.5. The molecule has 0 fully saturated rings. The highest BCUT2D eigenvalue weighted by Gasteiger charge is 2.21. The van der Waals surface area contributed by atoms with Crippen LogP contribution in [0.5, 0.6) is 0 Å². The predicted octanol–water partition coefficient (Wildman–Crippen LogP) is 5.88. The third-order valence-corrected chi connectivity index (χ3v) is 7.19. The van der Waals surface area contributed by atoms with E-state index in [1.807, 2.05) is 60.0 Å². The van der Waals surface area contributed by atoms with Gasteiger partial charge in [0.25, 0.3) is 0 Å². The van der Waals surface area contributed by atoms with Gasteiger partial charge in [0, 0.05) is 28.7 Å². The zero-order valence-electron chi connectivity index (χ0n) is 19.5. The molecule has 178 valence electrons. The van der Waals surface area contributed by atoms with E-state index in [0.717, 1.165) is 28.8 Å². The van der Waals surface area contributed by atoms with Crippen LogP contribution in [0, 0.1) is 22.7 Å². The number of nitrogen functional groups attached to an aromatic ring is 1. The number of nitrogens with two attached hydrogens (primary N) is 1. The second-order valence-electron chi connectivity index (χ2n) is 7.75. The zero-order chi connectivity index (χ0) is 25.5. The molecule has 0 aliphatic heterocycles. The van der Waals surface area contributed by atoms with Crippen LogP contribution >= 0.6 is 23.1 Å². The highest BCUT2D eigenvalue weighted by molar-refractivity contribution is 7.99. The topological polar surface area (TPSA) is 128 Å². The molecule has 0 spiro atoms. The fourth-order valence-electron chi connectivity index (χ4n) is 3.59. The first-order valence-electron chi connectivity index (χ1n) is 11.2. The molecule has 2 aromatic heterocycles. The minimum Gasteiger partial charge on any atom is -0.383 e. The number of carbonyl (C=O) groups is 1. The average molecular weight is 511 g/mol. The highest BCUT2D eigenvalue weighted by atomic mass is 32.2. The number of hydrogen-bond acceptors (Lipinski definition) is 8. The fraction of sp³-hybridized carbons (Fsp3) is 0.148. The standard InChI is InChI=1S/C27H22N6OS2/c1-2-17-8-10-19(11-9-17)24-20(14-28)25(30)33-26(21(24)15-29)35-13-12-23(34)32-27-31-22(16-36-27)18-6-4-3-5-7-18/h3-11,16H,2,12-13H2,1H3,(H2,30,33)(H,31,32,34). The van der Waals surface area contributed by atoms with Gasteiger partial charge in [0.2, 0.25) is 5.91 Å². The lowest BCUT2D eigenvalue weighted by atomic mass is 9.96. The maximum absolute atomic E-state index is 12.5. The molecule has 1 amide bonds. The van der Waals surface area contributed by atoms with Crippen molar-refractivity contribution in [2.75, 3.05) is 16.8 Å². The number of thiazole rings is 1. The fourth-order valence-corrected chi connectivity index (χ4v) is 5.26. The third-order valence-electron chi connectivity index (χ3n) is 5.45. The molecule has 0 radical (unpaired) electrons. The summed E-state index contributed by atoms with van der Waals surface area (Å²) in [5.74, 6) is 0.255. The Morgan fingerprint density at radius 2 is 1.75 bits per heavy atom. The minimum absolute atomic E-state index is 0.0641. The number of nitrogens with zero attached hydrogens (tertiary/aromatic N) is 4. The molecule has 0 saturated carbocycles.